The summed E-state index contributed by atoms with van der Waals surface area (Å²) in [6.45, 7) is 8.94. The minimum absolute atomic E-state index is 0.0680. The second-order valence-electron chi connectivity index (χ2n) is 5.52. The Morgan fingerprint density at radius 2 is 1.60 bits per heavy atom. The smallest absolute Gasteiger partial charge is 0.216 e. The molecule has 20 heavy (non-hydrogen) atoms. The fraction of sp³-hybridized carbons (Fsp3) is 0.500. The number of unbranched alkanes of at least 4 members (excludes halogenated alkanes) is 1. The van der Waals surface area contributed by atoms with Crippen LogP contribution < -0.4 is 5.32 Å². The Morgan fingerprint density at radius 3 is 2.00 bits per heavy atom. The molecule has 2 rings (SSSR count). The third kappa shape index (κ3) is 5.60. The molecular weight excluding hydrogens is 246 g/mol. The van der Waals surface area contributed by atoms with Crippen molar-refractivity contribution in [2.24, 2.45) is 0 Å². The van der Waals surface area contributed by atoms with Crippen molar-refractivity contribution in [1.82, 2.24) is 5.32 Å². The van der Waals surface area contributed by atoms with Crippen molar-refractivity contribution in [3.8, 4) is 0 Å². The van der Waals surface area contributed by atoms with Gasteiger partial charge in [-0.15, -0.1) is 0 Å². The summed E-state index contributed by atoms with van der Waals surface area (Å²) in [5.74, 6) is 0.0680. The third-order valence-corrected chi connectivity index (χ3v) is 3.66. The van der Waals surface area contributed by atoms with Crippen molar-refractivity contribution in [2.45, 2.75) is 53.4 Å². The first-order valence-corrected chi connectivity index (χ1v) is 7.51. The van der Waals surface area contributed by atoms with Gasteiger partial charge in [-0.3, -0.25) is 4.79 Å². The van der Waals surface area contributed by atoms with Gasteiger partial charge in [0, 0.05) is 13.5 Å². The third-order valence-electron chi connectivity index (χ3n) is 3.66. The Hall–Kier alpha value is -1.57. The molecule has 0 saturated carbocycles. The number of carbonyl (C=O) groups is 1. The number of hydrogen-bond donors (Lipinski definition) is 1. The summed E-state index contributed by atoms with van der Waals surface area (Å²) >= 11 is 0. The molecule has 1 amide bonds. The van der Waals surface area contributed by atoms with Gasteiger partial charge in [0.2, 0.25) is 5.91 Å². The lowest BCUT2D eigenvalue weighted by molar-refractivity contribution is -0.118. The first kappa shape index (κ1) is 16.5. The molecule has 1 N–H and O–H groups in total. The van der Waals surface area contributed by atoms with Crippen molar-refractivity contribution in [3.63, 3.8) is 0 Å². The van der Waals surface area contributed by atoms with Crippen LogP contribution in [-0.2, 0) is 17.6 Å². The lowest BCUT2D eigenvalue weighted by atomic mass is 9.88. The Kier molecular flexibility index (Phi) is 7.06. The molecule has 0 aliphatic heterocycles. The Bertz CT molecular complexity index is 441. The molecule has 0 heterocycles. The lowest BCUT2D eigenvalue weighted by Gasteiger charge is -2.18. The predicted molar refractivity (Wildman–Crippen MR) is 85.8 cm³/mol. The largest absolute Gasteiger partial charge is 0.356 e. The second-order valence-corrected chi connectivity index (χ2v) is 5.52. The van der Waals surface area contributed by atoms with Crippen molar-refractivity contribution in [1.29, 1.82) is 0 Å². The molecule has 1 aliphatic carbocycles. The molecule has 0 aromatic heterocycles. The molecule has 0 saturated heterocycles. The number of rotatable bonds is 3. The molecule has 110 valence electrons. The standard InChI is InChI=1S/C12H14.C6H13NO/c1-9-7-11-5-3-4-6-12(11)8-10(9)2;1-3-4-5-7-6(2)8/h3-6H,7-8H2,1-2H3;3-5H2,1-2H3,(H,7,8). The van der Waals surface area contributed by atoms with Gasteiger partial charge in [0.15, 0.2) is 0 Å². The molecule has 0 atom stereocenters. The van der Waals surface area contributed by atoms with E-state index in [9.17, 15) is 4.79 Å². The van der Waals surface area contributed by atoms with Crippen LogP contribution in [0.1, 0.15) is 51.7 Å². The number of nitrogens with one attached hydrogen (secondary N) is 1. The Labute approximate surface area is 123 Å². The molecule has 1 aliphatic rings. The molecule has 2 heteroatoms. The fourth-order valence-electron chi connectivity index (χ4n) is 2.22. The average Bonchev–Trinajstić information content (AvgIpc) is 2.41. The van der Waals surface area contributed by atoms with E-state index in [0.29, 0.717) is 0 Å². The summed E-state index contributed by atoms with van der Waals surface area (Å²) < 4.78 is 0. The topological polar surface area (TPSA) is 29.1 Å². The molecule has 0 bridgehead atoms. The van der Waals surface area contributed by atoms with Crippen molar-refractivity contribution < 1.29 is 4.79 Å². The molecule has 0 unspecified atom stereocenters. The van der Waals surface area contributed by atoms with Crippen LogP contribution in [0.15, 0.2) is 35.4 Å². The van der Waals surface area contributed by atoms with Gasteiger partial charge in [0.1, 0.15) is 0 Å². The summed E-state index contributed by atoms with van der Waals surface area (Å²) in [7, 11) is 0. The van der Waals surface area contributed by atoms with Crippen LogP contribution in [0.3, 0.4) is 0 Å². The summed E-state index contributed by atoms with van der Waals surface area (Å²) in [6.07, 6.45) is 4.53. The second kappa shape index (κ2) is 8.57. The lowest BCUT2D eigenvalue weighted by Crippen LogP contribution is -2.20. The maximum Gasteiger partial charge on any atom is 0.216 e. The zero-order valence-electron chi connectivity index (χ0n) is 13.3. The summed E-state index contributed by atoms with van der Waals surface area (Å²) in [6, 6.07) is 8.75. The highest BCUT2D eigenvalue weighted by molar-refractivity contribution is 5.72. The maximum absolute atomic E-state index is 10.2. The minimum Gasteiger partial charge on any atom is -0.356 e. The fourth-order valence-corrected chi connectivity index (χ4v) is 2.22. The van der Waals surface area contributed by atoms with Gasteiger partial charge < -0.3 is 5.32 Å². The number of fused-ring (bicyclic) bond motifs is 1. The van der Waals surface area contributed by atoms with Crippen LogP contribution in [0.4, 0.5) is 0 Å². The first-order valence-electron chi connectivity index (χ1n) is 7.51. The van der Waals surface area contributed by atoms with E-state index in [2.05, 4.69) is 50.4 Å². The monoisotopic (exact) mass is 273 g/mol. The van der Waals surface area contributed by atoms with E-state index in [-0.39, 0.29) is 5.91 Å². The zero-order chi connectivity index (χ0) is 15.0. The maximum atomic E-state index is 10.2. The summed E-state index contributed by atoms with van der Waals surface area (Å²) in [4.78, 5) is 10.2. The summed E-state index contributed by atoms with van der Waals surface area (Å²) in [5.41, 5.74) is 6.13. The molecule has 0 spiro atoms. The highest BCUT2D eigenvalue weighted by Crippen LogP contribution is 2.24. The van der Waals surface area contributed by atoms with Crippen molar-refractivity contribution in [2.75, 3.05) is 6.54 Å². The van der Waals surface area contributed by atoms with E-state index in [4.69, 9.17) is 0 Å². The predicted octanol–water partition coefficient (Wildman–Crippen LogP) is 4.04. The van der Waals surface area contributed by atoms with E-state index >= 15 is 0 Å². The number of benzene rings is 1. The number of hydrogen-bond acceptors (Lipinski definition) is 1. The van der Waals surface area contributed by atoms with Crippen LogP contribution in [-0.4, -0.2) is 12.5 Å². The molecule has 1 aromatic carbocycles. The van der Waals surface area contributed by atoms with E-state index in [0.717, 1.165) is 32.2 Å². The molecule has 0 fully saturated rings. The van der Waals surface area contributed by atoms with Crippen molar-refractivity contribution >= 4 is 5.91 Å². The highest BCUT2D eigenvalue weighted by Gasteiger charge is 2.10. The van der Waals surface area contributed by atoms with Crippen LogP contribution in [0.25, 0.3) is 0 Å². The molecule has 0 radical (unpaired) electrons. The van der Waals surface area contributed by atoms with E-state index in [1.807, 2.05) is 0 Å². The van der Waals surface area contributed by atoms with Crippen LogP contribution in [0.2, 0.25) is 0 Å². The zero-order valence-corrected chi connectivity index (χ0v) is 13.3. The van der Waals surface area contributed by atoms with Gasteiger partial charge >= 0.3 is 0 Å². The minimum atomic E-state index is 0.0680. The Morgan fingerprint density at radius 1 is 1.10 bits per heavy atom. The van der Waals surface area contributed by atoms with Gasteiger partial charge in [-0.1, -0.05) is 48.8 Å². The Balaban J connectivity index is 0.000000221. The average molecular weight is 273 g/mol. The highest BCUT2D eigenvalue weighted by atomic mass is 16.1. The van der Waals surface area contributed by atoms with Crippen LogP contribution in [0, 0.1) is 0 Å². The summed E-state index contributed by atoms with van der Waals surface area (Å²) in [5, 5.41) is 2.71. The number of allylic oxidation sites excluding steroid dienone is 2. The van der Waals surface area contributed by atoms with Gasteiger partial charge in [-0.2, -0.15) is 0 Å². The van der Waals surface area contributed by atoms with Gasteiger partial charge in [0.05, 0.1) is 0 Å². The van der Waals surface area contributed by atoms with E-state index < -0.39 is 0 Å². The van der Waals surface area contributed by atoms with Crippen molar-refractivity contribution in [3.05, 3.63) is 46.5 Å². The molecular formula is C18H27NO. The van der Waals surface area contributed by atoms with Crippen LogP contribution >= 0.6 is 0 Å². The van der Waals surface area contributed by atoms with Gasteiger partial charge in [-0.25, -0.2) is 0 Å². The SMILES string of the molecule is CC1=C(C)Cc2ccccc2C1.CCCCNC(C)=O. The van der Waals surface area contributed by atoms with Gasteiger partial charge in [-0.05, 0) is 44.2 Å². The first-order chi connectivity index (χ1) is 9.54. The van der Waals surface area contributed by atoms with Crippen LogP contribution in [0.5, 0.6) is 0 Å². The quantitative estimate of drug-likeness (QED) is 0.653. The number of amides is 1. The molecule has 1 aromatic rings. The van der Waals surface area contributed by atoms with E-state index in [1.54, 1.807) is 11.1 Å². The molecule has 2 nitrogen and oxygen atoms in total. The van der Waals surface area contributed by atoms with E-state index in [1.165, 1.54) is 18.1 Å². The van der Waals surface area contributed by atoms with Gasteiger partial charge in [0.25, 0.3) is 0 Å². The number of carbonyl (C=O) groups excluding carboxylic acids is 1. The normalized spacial score (nSPS) is 13.2.